The molecule has 3 N–H and O–H groups in total. The van der Waals surface area contributed by atoms with Crippen molar-refractivity contribution >= 4 is 17.1 Å². The Hall–Kier alpha value is -3.10. The molecular weight excluding hydrogens is 338 g/mol. The Balaban J connectivity index is 1.68. The van der Waals surface area contributed by atoms with Crippen molar-refractivity contribution in [2.75, 3.05) is 0 Å². The summed E-state index contributed by atoms with van der Waals surface area (Å²) in [6, 6.07) is 1.74. The monoisotopic (exact) mass is 359 g/mol. The van der Waals surface area contributed by atoms with Gasteiger partial charge in [0.05, 0.1) is 6.04 Å². The van der Waals surface area contributed by atoms with Crippen molar-refractivity contribution < 1.29 is 9.21 Å². The molecule has 0 saturated carbocycles. The summed E-state index contributed by atoms with van der Waals surface area (Å²) >= 11 is 0. The van der Waals surface area contributed by atoms with Gasteiger partial charge in [0.1, 0.15) is 22.9 Å². The van der Waals surface area contributed by atoms with Crippen molar-refractivity contribution in [2.45, 2.75) is 39.7 Å². The number of aromatic nitrogens is 4. The predicted molar refractivity (Wildman–Crippen MR) is 95.0 cm³/mol. The fourth-order valence-electron chi connectivity index (χ4n) is 2.97. The van der Waals surface area contributed by atoms with Crippen LogP contribution in [0.2, 0.25) is 0 Å². The molecule has 3 aromatic heterocycles. The number of aromatic amines is 2. The minimum atomic E-state index is -0.530. The molecule has 9 heteroatoms. The normalized spacial score (nSPS) is 12.5. The van der Waals surface area contributed by atoms with Crippen LogP contribution in [0.3, 0.4) is 0 Å². The van der Waals surface area contributed by atoms with Crippen LogP contribution in [-0.2, 0) is 18.3 Å². The van der Waals surface area contributed by atoms with Crippen LogP contribution in [0.15, 0.2) is 20.1 Å². The average Bonchev–Trinajstić information content (AvgIpc) is 3.14. The zero-order valence-electron chi connectivity index (χ0n) is 15.1. The third-order valence-electron chi connectivity index (χ3n) is 4.32. The van der Waals surface area contributed by atoms with Gasteiger partial charge in [0.25, 0.3) is 5.56 Å². The van der Waals surface area contributed by atoms with E-state index in [1.807, 2.05) is 26.8 Å². The lowest BCUT2D eigenvalue weighted by Gasteiger charge is -2.12. The SMILES string of the molecule is Cc1cc(C(C)NC(=O)CCc2nc3c([nH]2)c(=O)[nH]c(=O)n3C)c(C)o1. The Labute approximate surface area is 148 Å². The highest BCUT2D eigenvalue weighted by molar-refractivity contribution is 5.77. The number of fused-ring (bicyclic) bond motifs is 1. The third-order valence-corrected chi connectivity index (χ3v) is 4.32. The molecule has 0 bridgehead atoms. The number of nitrogens with one attached hydrogen (secondary N) is 3. The average molecular weight is 359 g/mol. The fraction of sp³-hybridized carbons (Fsp3) is 0.412. The second-order valence-electron chi connectivity index (χ2n) is 6.36. The van der Waals surface area contributed by atoms with Gasteiger partial charge in [-0.25, -0.2) is 9.78 Å². The Bertz CT molecular complexity index is 1080. The van der Waals surface area contributed by atoms with E-state index in [0.717, 1.165) is 17.1 Å². The molecule has 0 saturated heterocycles. The first-order valence-electron chi connectivity index (χ1n) is 8.30. The number of carbonyl (C=O) groups excluding carboxylic acids is 1. The van der Waals surface area contributed by atoms with E-state index in [-0.39, 0.29) is 29.5 Å². The molecule has 3 rings (SSSR count). The van der Waals surface area contributed by atoms with E-state index in [1.54, 1.807) is 0 Å². The predicted octanol–water partition coefficient (Wildman–Crippen LogP) is 0.970. The van der Waals surface area contributed by atoms with Crippen molar-refractivity contribution in [3.05, 3.63) is 49.8 Å². The minimum Gasteiger partial charge on any atom is -0.466 e. The third kappa shape index (κ3) is 3.32. The molecule has 0 aliphatic carbocycles. The van der Waals surface area contributed by atoms with E-state index >= 15 is 0 Å². The van der Waals surface area contributed by atoms with Crippen LogP contribution >= 0.6 is 0 Å². The smallest absolute Gasteiger partial charge is 0.329 e. The summed E-state index contributed by atoms with van der Waals surface area (Å²) < 4.78 is 6.74. The Kier molecular flexibility index (Phi) is 4.54. The van der Waals surface area contributed by atoms with E-state index in [1.165, 1.54) is 11.6 Å². The van der Waals surface area contributed by atoms with Crippen molar-refractivity contribution in [2.24, 2.45) is 7.05 Å². The first-order chi connectivity index (χ1) is 12.3. The van der Waals surface area contributed by atoms with Crippen LogP contribution in [0.1, 0.15) is 42.3 Å². The number of nitrogens with zero attached hydrogens (tertiary/aromatic N) is 2. The van der Waals surface area contributed by atoms with Crippen LogP contribution in [0.25, 0.3) is 11.2 Å². The van der Waals surface area contributed by atoms with Crippen LogP contribution in [-0.4, -0.2) is 25.4 Å². The number of amides is 1. The van der Waals surface area contributed by atoms with Gasteiger partial charge in [-0.1, -0.05) is 0 Å². The topological polar surface area (TPSA) is 126 Å². The zero-order valence-corrected chi connectivity index (χ0v) is 15.1. The zero-order chi connectivity index (χ0) is 19.0. The maximum absolute atomic E-state index is 12.2. The molecule has 0 radical (unpaired) electrons. The van der Waals surface area contributed by atoms with Crippen LogP contribution in [0, 0.1) is 13.8 Å². The highest BCUT2D eigenvalue weighted by Crippen LogP contribution is 2.21. The van der Waals surface area contributed by atoms with E-state index in [2.05, 4.69) is 20.3 Å². The largest absolute Gasteiger partial charge is 0.466 e. The van der Waals surface area contributed by atoms with Crippen molar-refractivity contribution in [1.29, 1.82) is 0 Å². The molecule has 138 valence electrons. The van der Waals surface area contributed by atoms with Gasteiger partial charge in [-0.2, -0.15) is 0 Å². The number of hydrogen-bond donors (Lipinski definition) is 3. The Morgan fingerprint density at radius 3 is 2.73 bits per heavy atom. The molecule has 0 spiro atoms. The van der Waals surface area contributed by atoms with Gasteiger partial charge < -0.3 is 14.7 Å². The molecule has 9 nitrogen and oxygen atoms in total. The quantitative estimate of drug-likeness (QED) is 0.626. The van der Waals surface area contributed by atoms with Crippen LogP contribution in [0.4, 0.5) is 0 Å². The van der Waals surface area contributed by atoms with E-state index in [4.69, 9.17) is 4.42 Å². The molecule has 1 unspecified atom stereocenters. The number of aryl methyl sites for hydroxylation is 4. The second kappa shape index (κ2) is 6.66. The van der Waals surface area contributed by atoms with Gasteiger partial charge in [-0.05, 0) is 26.8 Å². The Morgan fingerprint density at radius 1 is 1.35 bits per heavy atom. The fourth-order valence-corrected chi connectivity index (χ4v) is 2.97. The van der Waals surface area contributed by atoms with Gasteiger partial charge in [0.15, 0.2) is 5.65 Å². The van der Waals surface area contributed by atoms with Crippen molar-refractivity contribution in [1.82, 2.24) is 24.8 Å². The molecule has 0 fully saturated rings. The van der Waals surface area contributed by atoms with E-state index in [9.17, 15) is 14.4 Å². The summed E-state index contributed by atoms with van der Waals surface area (Å²) in [6.07, 6.45) is 0.524. The number of H-pyrrole nitrogens is 2. The lowest BCUT2D eigenvalue weighted by Crippen LogP contribution is -2.28. The van der Waals surface area contributed by atoms with E-state index in [0.29, 0.717) is 12.2 Å². The molecule has 3 heterocycles. The first kappa shape index (κ1) is 17.7. The standard InChI is InChI=1S/C17H21N5O4/c1-8-7-11(10(3)26-8)9(2)18-13(23)6-5-12-19-14-15(20-12)22(4)17(25)21-16(14)24/h7,9H,5-6H2,1-4H3,(H,18,23)(H,19,20)(H,21,24,25). The Morgan fingerprint density at radius 2 is 2.08 bits per heavy atom. The van der Waals surface area contributed by atoms with Gasteiger partial charge in [-0.3, -0.25) is 19.1 Å². The minimum absolute atomic E-state index is 0.140. The van der Waals surface area contributed by atoms with Gasteiger partial charge >= 0.3 is 5.69 Å². The molecular formula is C17H21N5O4. The number of carbonyl (C=O) groups is 1. The highest BCUT2D eigenvalue weighted by atomic mass is 16.3. The summed E-state index contributed by atoms with van der Waals surface area (Å²) in [4.78, 5) is 45.0. The number of rotatable bonds is 5. The van der Waals surface area contributed by atoms with Crippen molar-refractivity contribution in [3.63, 3.8) is 0 Å². The molecule has 26 heavy (non-hydrogen) atoms. The summed E-state index contributed by atoms with van der Waals surface area (Å²) in [7, 11) is 1.52. The summed E-state index contributed by atoms with van der Waals surface area (Å²) in [5, 5.41) is 2.92. The summed E-state index contributed by atoms with van der Waals surface area (Å²) in [6.45, 7) is 5.62. The van der Waals surface area contributed by atoms with Crippen LogP contribution < -0.4 is 16.6 Å². The summed E-state index contributed by atoms with van der Waals surface area (Å²) in [5.41, 5.74) is 0.386. The van der Waals surface area contributed by atoms with Gasteiger partial charge in [-0.15, -0.1) is 0 Å². The van der Waals surface area contributed by atoms with Gasteiger partial charge in [0.2, 0.25) is 5.91 Å². The lowest BCUT2D eigenvalue weighted by molar-refractivity contribution is -0.121. The summed E-state index contributed by atoms with van der Waals surface area (Å²) in [5.74, 6) is 1.92. The molecule has 0 aromatic carbocycles. The maximum Gasteiger partial charge on any atom is 0.329 e. The number of hydrogen-bond acceptors (Lipinski definition) is 5. The molecule has 0 aliphatic rings. The van der Waals surface area contributed by atoms with Crippen LogP contribution in [0.5, 0.6) is 0 Å². The molecule has 1 amide bonds. The van der Waals surface area contributed by atoms with E-state index < -0.39 is 11.2 Å². The highest BCUT2D eigenvalue weighted by Gasteiger charge is 2.16. The lowest BCUT2D eigenvalue weighted by atomic mass is 10.1. The van der Waals surface area contributed by atoms with Gasteiger partial charge in [0, 0.05) is 25.5 Å². The maximum atomic E-state index is 12.2. The number of furan rings is 1. The van der Waals surface area contributed by atoms with Crippen molar-refractivity contribution in [3.8, 4) is 0 Å². The second-order valence-corrected chi connectivity index (χ2v) is 6.36. The first-order valence-corrected chi connectivity index (χ1v) is 8.30. The molecule has 1 atom stereocenters. The molecule has 0 aliphatic heterocycles. The number of imidazole rings is 1. The molecule has 3 aromatic rings.